The maximum absolute atomic E-state index is 13.3. The number of ether oxygens (including phenoxy) is 2. The summed E-state index contributed by atoms with van der Waals surface area (Å²) < 4.78 is 99.5. The summed E-state index contributed by atoms with van der Waals surface area (Å²) in [6, 6.07) is 15.3. The van der Waals surface area contributed by atoms with E-state index in [1.54, 1.807) is 29.2 Å². The molecule has 0 unspecified atom stereocenters. The van der Waals surface area contributed by atoms with Gasteiger partial charge in [0.2, 0.25) is 0 Å². The van der Waals surface area contributed by atoms with E-state index in [1.807, 2.05) is 0 Å². The van der Waals surface area contributed by atoms with E-state index in [0.717, 1.165) is 12.1 Å². The number of nitrogens with zero attached hydrogens (tertiary/aromatic N) is 1. The third-order valence-corrected chi connectivity index (χ3v) is 9.70. The van der Waals surface area contributed by atoms with Gasteiger partial charge in [-0.05, 0) is 79.1 Å². The molecule has 1 fully saturated rings. The number of carbonyl (C=O) groups excluding carboxylic acids is 1. The Labute approximate surface area is 274 Å². The second-order valence-electron chi connectivity index (χ2n) is 11.2. The first-order valence-corrected chi connectivity index (χ1v) is 16.8. The van der Waals surface area contributed by atoms with E-state index < -0.39 is 58.3 Å². The van der Waals surface area contributed by atoms with Gasteiger partial charge in [0.25, 0.3) is 5.91 Å². The molecule has 0 spiro atoms. The van der Waals surface area contributed by atoms with Crippen molar-refractivity contribution in [2.24, 2.45) is 0 Å². The van der Waals surface area contributed by atoms with Crippen molar-refractivity contribution in [3.63, 3.8) is 0 Å². The molecule has 0 aliphatic carbocycles. The molecule has 4 rings (SSSR count). The highest BCUT2D eigenvalue weighted by Gasteiger charge is 2.35. The Morgan fingerprint density at radius 2 is 1.65 bits per heavy atom. The zero-order chi connectivity index (χ0) is 35.1. The summed E-state index contributed by atoms with van der Waals surface area (Å²) in [5.74, 6) is -1.36. The van der Waals surface area contributed by atoms with Crippen molar-refractivity contribution in [3.8, 4) is 5.75 Å². The lowest BCUT2D eigenvalue weighted by atomic mass is 10.00. The Morgan fingerprint density at radius 1 is 1.00 bits per heavy atom. The topological polar surface area (TPSA) is 122 Å². The van der Waals surface area contributed by atoms with E-state index in [-0.39, 0.29) is 60.8 Å². The average Bonchev–Trinajstić information content (AvgIpc) is 3.45. The molecule has 0 bridgehead atoms. The van der Waals surface area contributed by atoms with E-state index in [4.69, 9.17) is 9.84 Å². The van der Waals surface area contributed by atoms with Gasteiger partial charge in [-0.3, -0.25) is 9.59 Å². The van der Waals surface area contributed by atoms with Crippen LogP contribution in [0, 0.1) is 0 Å². The number of hydrogen-bond acceptors (Lipinski definition) is 7. The van der Waals surface area contributed by atoms with Crippen LogP contribution in [0.5, 0.6) is 5.75 Å². The van der Waals surface area contributed by atoms with Crippen molar-refractivity contribution in [2.45, 2.75) is 68.5 Å². The molecule has 1 aliphatic rings. The summed E-state index contributed by atoms with van der Waals surface area (Å²) in [5.41, 5.74) is 0.587. The number of aliphatic carboxylic acids is 1. The average molecular weight is 699 g/mol. The molecule has 15 heteroatoms. The van der Waals surface area contributed by atoms with Crippen LogP contribution in [-0.2, 0) is 25.5 Å². The van der Waals surface area contributed by atoms with Crippen LogP contribution in [0.15, 0.2) is 77.7 Å². The highest BCUT2D eigenvalue weighted by Crippen LogP contribution is 2.33. The molecule has 1 amide bonds. The van der Waals surface area contributed by atoms with Crippen molar-refractivity contribution in [2.75, 3.05) is 23.8 Å². The van der Waals surface area contributed by atoms with Crippen LogP contribution in [0.2, 0.25) is 0 Å². The highest BCUT2D eigenvalue weighted by atomic mass is 32.2. The lowest BCUT2D eigenvalue weighted by Gasteiger charge is -2.26. The summed E-state index contributed by atoms with van der Waals surface area (Å²) >= 11 is 0. The first kappa shape index (κ1) is 36.6. The molecular formula is C33H35F5N2O7S. The van der Waals surface area contributed by atoms with Crippen molar-refractivity contribution < 1.29 is 54.5 Å². The summed E-state index contributed by atoms with van der Waals surface area (Å²) in [6.45, 7) is -1.62. The maximum Gasteiger partial charge on any atom is 0.416 e. The molecule has 1 aliphatic heterocycles. The fourth-order valence-electron chi connectivity index (χ4n) is 5.43. The molecule has 48 heavy (non-hydrogen) atoms. The van der Waals surface area contributed by atoms with Crippen LogP contribution in [0.1, 0.15) is 60.1 Å². The SMILES string of the molecule is CCS(=O)(=O)c1ccc([C@H](CCCC(=O)O)NC(=O)c2ccc(N3C[C@@H](Oc4ccc(C(F)(F)F)cc4)C[C@H]3COC(F)F)cc2)cc1. The van der Waals surface area contributed by atoms with E-state index in [0.29, 0.717) is 11.3 Å². The molecule has 3 atom stereocenters. The smallest absolute Gasteiger partial charge is 0.416 e. The van der Waals surface area contributed by atoms with Crippen molar-refractivity contribution >= 4 is 27.4 Å². The Morgan fingerprint density at radius 3 is 2.21 bits per heavy atom. The number of anilines is 1. The van der Waals surface area contributed by atoms with Crippen LogP contribution in [-0.4, -0.2) is 63.1 Å². The number of nitrogens with one attached hydrogen (secondary N) is 1. The molecule has 3 aromatic rings. The second kappa shape index (κ2) is 15.8. The van der Waals surface area contributed by atoms with Crippen molar-refractivity contribution in [3.05, 3.63) is 89.5 Å². The summed E-state index contributed by atoms with van der Waals surface area (Å²) in [7, 11) is -3.44. The number of amides is 1. The normalized spacial score (nSPS) is 17.4. The monoisotopic (exact) mass is 698 g/mol. The van der Waals surface area contributed by atoms with Gasteiger partial charge in [-0.25, -0.2) is 8.42 Å². The number of carbonyl (C=O) groups is 2. The molecule has 0 aromatic heterocycles. The van der Waals surface area contributed by atoms with E-state index in [9.17, 15) is 40.0 Å². The first-order chi connectivity index (χ1) is 22.7. The Balaban J connectivity index is 1.47. The number of sulfone groups is 1. The van der Waals surface area contributed by atoms with Gasteiger partial charge >= 0.3 is 18.8 Å². The number of halogens is 5. The van der Waals surface area contributed by atoms with Gasteiger partial charge in [0.15, 0.2) is 9.84 Å². The van der Waals surface area contributed by atoms with Crippen LogP contribution in [0.25, 0.3) is 0 Å². The standard InChI is InChI=1S/C33H35F5N2O7S/c1-2-48(44,45)28-16-8-21(9-17-28)29(4-3-5-30(41)42)39-31(43)22-6-12-24(13-7-22)40-19-27(18-25(40)20-46-32(34)35)47-26-14-10-23(11-15-26)33(36,37)38/h6-17,25,27,29,32H,2-5,18-20H2,1H3,(H,39,43)(H,41,42)/t25-,27-,29-/m0/s1. The first-order valence-electron chi connectivity index (χ1n) is 15.1. The maximum atomic E-state index is 13.3. The van der Waals surface area contributed by atoms with Gasteiger partial charge in [0.05, 0.1) is 41.4 Å². The summed E-state index contributed by atoms with van der Waals surface area (Å²) in [6.07, 6.45) is -4.42. The Hall–Kier alpha value is -4.24. The minimum Gasteiger partial charge on any atom is -0.489 e. The van der Waals surface area contributed by atoms with Gasteiger partial charge in [0.1, 0.15) is 11.9 Å². The molecule has 0 saturated carbocycles. The van der Waals surface area contributed by atoms with Crippen LogP contribution >= 0.6 is 0 Å². The molecule has 1 heterocycles. The van der Waals surface area contributed by atoms with E-state index in [1.165, 1.54) is 43.3 Å². The molecule has 3 aromatic carbocycles. The quantitative estimate of drug-likeness (QED) is 0.173. The van der Waals surface area contributed by atoms with E-state index in [2.05, 4.69) is 10.1 Å². The minimum atomic E-state index is -4.50. The second-order valence-corrected chi connectivity index (χ2v) is 13.5. The number of carboxylic acid groups (broad SMARTS) is 1. The number of carboxylic acids is 1. The molecule has 0 radical (unpaired) electrons. The van der Waals surface area contributed by atoms with Crippen molar-refractivity contribution in [1.29, 1.82) is 0 Å². The zero-order valence-electron chi connectivity index (χ0n) is 25.8. The molecule has 2 N–H and O–H groups in total. The third kappa shape index (κ3) is 9.89. The third-order valence-electron chi connectivity index (χ3n) is 7.95. The number of benzene rings is 3. The summed E-state index contributed by atoms with van der Waals surface area (Å²) in [5, 5.41) is 12.0. The number of alkyl halides is 5. The van der Waals surface area contributed by atoms with Crippen LogP contribution in [0.4, 0.5) is 27.6 Å². The van der Waals surface area contributed by atoms with E-state index >= 15 is 0 Å². The minimum absolute atomic E-state index is 0.0780. The lowest BCUT2D eigenvalue weighted by molar-refractivity contribution is -0.138. The van der Waals surface area contributed by atoms with Gasteiger partial charge in [-0.1, -0.05) is 19.1 Å². The van der Waals surface area contributed by atoms with Gasteiger partial charge in [-0.2, -0.15) is 22.0 Å². The van der Waals surface area contributed by atoms with Gasteiger partial charge < -0.3 is 24.8 Å². The van der Waals surface area contributed by atoms with Gasteiger partial charge in [0, 0.05) is 24.1 Å². The molecule has 260 valence electrons. The number of hydrogen-bond donors (Lipinski definition) is 2. The molecule has 1 saturated heterocycles. The van der Waals surface area contributed by atoms with Gasteiger partial charge in [-0.15, -0.1) is 0 Å². The van der Waals surface area contributed by atoms with Crippen LogP contribution < -0.4 is 15.0 Å². The lowest BCUT2D eigenvalue weighted by Crippen LogP contribution is -2.34. The molecule has 9 nitrogen and oxygen atoms in total. The predicted molar refractivity (Wildman–Crippen MR) is 166 cm³/mol. The Bertz CT molecular complexity index is 1630. The summed E-state index contributed by atoms with van der Waals surface area (Å²) in [4.78, 5) is 26.3. The fraction of sp³-hybridized carbons (Fsp3) is 0.394. The van der Waals surface area contributed by atoms with Crippen LogP contribution in [0.3, 0.4) is 0 Å². The van der Waals surface area contributed by atoms with Crippen molar-refractivity contribution in [1.82, 2.24) is 5.32 Å². The zero-order valence-corrected chi connectivity index (χ0v) is 26.6. The molecular weight excluding hydrogens is 663 g/mol. The number of rotatable bonds is 15. The predicted octanol–water partition coefficient (Wildman–Crippen LogP) is 6.49. The fourth-order valence-corrected chi connectivity index (χ4v) is 6.32. The highest BCUT2D eigenvalue weighted by molar-refractivity contribution is 7.91. The largest absolute Gasteiger partial charge is 0.489 e. The Kier molecular flexibility index (Phi) is 12.0.